The number of hydrogen-bond donors (Lipinski definition) is 0. The molecule has 1 fully saturated rings. The fourth-order valence-corrected chi connectivity index (χ4v) is 3.57. The van der Waals surface area contributed by atoms with Crippen LogP contribution in [0.5, 0.6) is 0 Å². The normalized spacial score (nSPS) is 20.0. The second kappa shape index (κ2) is 3.46. The van der Waals surface area contributed by atoms with Crippen LogP contribution in [0.2, 0.25) is 0 Å². The standard InChI is InChI=1S/C9H12N2OS/c12-13(7-3-4-8-13)11-9-5-1-2-6-10-9/h1-2,5-6H,3-4,7-8H2. The van der Waals surface area contributed by atoms with E-state index in [9.17, 15) is 4.21 Å². The molecule has 0 N–H and O–H groups in total. The Bertz CT molecular complexity index is 381. The summed E-state index contributed by atoms with van der Waals surface area (Å²) in [5, 5.41) is 0. The molecular formula is C9H12N2OS. The number of nitrogens with zero attached hydrogens (tertiary/aromatic N) is 2. The maximum absolute atomic E-state index is 11.9. The van der Waals surface area contributed by atoms with E-state index in [-0.39, 0.29) is 0 Å². The fourth-order valence-electron chi connectivity index (χ4n) is 1.43. The lowest BCUT2D eigenvalue weighted by molar-refractivity contribution is 0.681. The summed E-state index contributed by atoms with van der Waals surface area (Å²) in [5.41, 5.74) is 0. The molecule has 0 bridgehead atoms. The van der Waals surface area contributed by atoms with Crippen LogP contribution < -0.4 is 0 Å². The zero-order valence-electron chi connectivity index (χ0n) is 7.35. The minimum Gasteiger partial charge on any atom is -0.249 e. The minimum absolute atomic E-state index is 0.606. The highest BCUT2D eigenvalue weighted by Crippen LogP contribution is 2.18. The number of hydrogen-bond acceptors (Lipinski definition) is 3. The highest BCUT2D eigenvalue weighted by Gasteiger charge is 2.16. The van der Waals surface area contributed by atoms with Gasteiger partial charge in [0.05, 0.1) is 9.73 Å². The van der Waals surface area contributed by atoms with Crippen molar-refractivity contribution >= 4 is 15.5 Å². The first kappa shape index (κ1) is 8.69. The Labute approximate surface area is 78.4 Å². The van der Waals surface area contributed by atoms with E-state index in [1.54, 1.807) is 12.3 Å². The second-order valence-corrected chi connectivity index (χ2v) is 5.71. The van der Waals surface area contributed by atoms with Crippen LogP contribution in [0.15, 0.2) is 28.8 Å². The van der Waals surface area contributed by atoms with Crippen LogP contribution in [0.1, 0.15) is 12.8 Å². The van der Waals surface area contributed by atoms with Crippen LogP contribution in [-0.4, -0.2) is 20.7 Å². The van der Waals surface area contributed by atoms with Crippen molar-refractivity contribution in [2.45, 2.75) is 12.8 Å². The average molecular weight is 196 g/mol. The Hall–Kier alpha value is -0.900. The van der Waals surface area contributed by atoms with Gasteiger partial charge in [0.25, 0.3) is 0 Å². The largest absolute Gasteiger partial charge is 0.249 e. The van der Waals surface area contributed by atoms with Crippen LogP contribution in [-0.2, 0) is 9.73 Å². The zero-order valence-corrected chi connectivity index (χ0v) is 8.17. The summed E-state index contributed by atoms with van der Waals surface area (Å²) in [4.78, 5) is 4.04. The van der Waals surface area contributed by atoms with Gasteiger partial charge in [-0.25, -0.2) is 9.19 Å². The van der Waals surface area contributed by atoms with E-state index in [1.165, 1.54) is 0 Å². The Kier molecular flexibility index (Phi) is 2.31. The van der Waals surface area contributed by atoms with Crippen LogP contribution in [0, 0.1) is 0 Å². The van der Waals surface area contributed by atoms with Crippen molar-refractivity contribution in [3.63, 3.8) is 0 Å². The number of pyridine rings is 1. The lowest BCUT2D eigenvalue weighted by Gasteiger charge is -1.98. The summed E-state index contributed by atoms with van der Waals surface area (Å²) < 4.78 is 16.2. The van der Waals surface area contributed by atoms with E-state index in [1.807, 2.05) is 12.1 Å². The summed E-state index contributed by atoms with van der Waals surface area (Å²) in [6.45, 7) is 0. The molecule has 0 aromatic carbocycles. The minimum atomic E-state index is -1.94. The van der Waals surface area contributed by atoms with E-state index in [4.69, 9.17) is 0 Å². The molecule has 0 radical (unpaired) electrons. The molecule has 1 aliphatic rings. The van der Waals surface area contributed by atoms with E-state index in [0.29, 0.717) is 5.82 Å². The monoisotopic (exact) mass is 196 g/mol. The van der Waals surface area contributed by atoms with Crippen LogP contribution in [0.25, 0.3) is 0 Å². The van der Waals surface area contributed by atoms with E-state index in [2.05, 4.69) is 9.35 Å². The van der Waals surface area contributed by atoms with Gasteiger partial charge in [-0.1, -0.05) is 6.07 Å². The smallest absolute Gasteiger partial charge is 0.161 e. The van der Waals surface area contributed by atoms with Crippen molar-refractivity contribution in [2.75, 3.05) is 11.5 Å². The molecule has 0 aliphatic carbocycles. The molecule has 2 heterocycles. The quantitative estimate of drug-likeness (QED) is 0.689. The van der Waals surface area contributed by atoms with Gasteiger partial charge in [-0.05, 0) is 25.0 Å². The predicted octanol–water partition coefficient (Wildman–Crippen LogP) is 1.97. The van der Waals surface area contributed by atoms with Crippen molar-refractivity contribution in [2.24, 2.45) is 4.36 Å². The molecular weight excluding hydrogens is 184 g/mol. The van der Waals surface area contributed by atoms with Crippen molar-refractivity contribution in [3.8, 4) is 0 Å². The topological polar surface area (TPSA) is 42.3 Å². The summed E-state index contributed by atoms with van der Waals surface area (Å²) in [5.74, 6) is 2.09. The van der Waals surface area contributed by atoms with Crippen molar-refractivity contribution in [1.29, 1.82) is 0 Å². The molecule has 1 aromatic heterocycles. The van der Waals surface area contributed by atoms with Gasteiger partial charge in [-0.2, -0.15) is 4.36 Å². The third kappa shape index (κ3) is 2.06. The maximum atomic E-state index is 11.9. The second-order valence-electron chi connectivity index (χ2n) is 3.17. The Balaban J connectivity index is 2.35. The summed E-state index contributed by atoms with van der Waals surface area (Å²) in [7, 11) is -1.94. The first-order valence-corrected chi connectivity index (χ1v) is 6.27. The van der Waals surface area contributed by atoms with Gasteiger partial charge in [0, 0.05) is 17.7 Å². The Morgan fingerprint density at radius 2 is 2.08 bits per heavy atom. The van der Waals surface area contributed by atoms with Crippen molar-refractivity contribution in [1.82, 2.24) is 4.98 Å². The number of aromatic nitrogens is 1. The van der Waals surface area contributed by atoms with Crippen LogP contribution in [0.4, 0.5) is 5.82 Å². The first-order chi connectivity index (χ1) is 6.29. The van der Waals surface area contributed by atoms with E-state index < -0.39 is 9.73 Å². The molecule has 0 unspecified atom stereocenters. The molecule has 1 aromatic rings. The summed E-state index contributed by atoms with van der Waals surface area (Å²) >= 11 is 0. The summed E-state index contributed by atoms with van der Waals surface area (Å²) in [6.07, 6.45) is 3.75. The van der Waals surface area contributed by atoms with Gasteiger partial charge < -0.3 is 0 Å². The van der Waals surface area contributed by atoms with Gasteiger partial charge in [-0.15, -0.1) is 0 Å². The lowest BCUT2D eigenvalue weighted by atomic mass is 10.4. The third-order valence-electron chi connectivity index (χ3n) is 2.09. The van der Waals surface area contributed by atoms with Gasteiger partial charge >= 0.3 is 0 Å². The molecule has 70 valence electrons. The van der Waals surface area contributed by atoms with Crippen molar-refractivity contribution < 1.29 is 4.21 Å². The summed E-state index contributed by atoms with van der Waals surface area (Å²) in [6, 6.07) is 5.50. The van der Waals surface area contributed by atoms with Crippen molar-refractivity contribution in [3.05, 3.63) is 24.4 Å². The molecule has 0 amide bonds. The molecule has 1 aliphatic heterocycles. The third-order valence-corrected chi connectivity index (χ3v) is 4.46. The molecule has 0 saturated carbocycles. The number of rotatable bonds is 1. The SMILES string of the molecule is O=S1(=Nc2ccccn2)CCCC1. The molecule has 0 spiro atoms. The van der Waals surface area contributed by atoms with Gasteiger partial charge in [-0.3, -0.25) is 0 Å². The fraction of sp³-hybridized carbons (Fsp3) is 0.444. The zero-order chi connectivity index (χ0) is 9.15. The molecule has 2 rings (SSSR count). The molecule has 4 heteroatoms. The molecule has 13 heavy (non-hydrogen) atoms. The highest BCUT2D eigenvalue weighted by atomic mass is 32.2. The Morgan fingerprint density at radius 3 is 2.69 bits per heavy atom. The lowest BCUT2D eigenvalue weighted by Crippen LogP contribution is -1.99. The van der Waals surface area contributed by atoms with E-state index in [0.717, 1.165) is 24.3 Å². The highest BCUT2D eigenvalue weighted by molar-refractivity contribution is 7.93. The Morgan fingerprint density at radius 1 is 1.31 bits per heavy atom. The van der Waals surface area contributed by atoms with Gasteiger partial charge in [0.2, 0.25) is 0 Å². The maximum Gasteiger partial charge on any atom is 0.161 e. The van der Waals surface area contributed by atoms with E-state index >= 15 is 0 Å². The van der Waals surface area contributed by atoms with Gasteiger partial charge in [0.15, 0.2) is 5.82 Å². The molecule has 0 atom stereocenters. The predicted molar refractivity (Wildman–Crippen MR) is 53.4 cm³/mol. The van der Waals surface area contributed by atoms with Crippen LogP contribution in [0.3, 0.4) is 0 Å². The molecule has 1 saturated heterocycles. The van der Waals surface area contributed by atoms with Gasteiger partial charge in [0.1, 0.15) is 0 Å². The molecule has 3 nitrogen and oxygen atoms in total. The van der Waals surface area contributed by atoms with Crippen LogP contribution >= 0.6 is 0 Å². The first-order valence-electron chi connectivity index (χ1n) is 4.42. The average Bonchev–Trinajstić information content (AvgIpc) is 2.54.